The number of ether oxygens (including phenoxy) is 3. The smallest absolute Gasteiger partial charge is 0.425 e. The highest BCUT2D eigenvalue weighted by Gasteiger charge is 2.39. The molecule has 0 unspecified atom stereocenters. The molecule has 13 heteroatoms. The van der Waals surface area contributed by atoms with E-state index in [1.165, 1.54) is 4.57 Å². The Bertz CT molecular complexity index is 1060. The van der Waals surface area contributed by atoms with Crippen LogP contribution in [0.25, 0.3) is 5.69 Å². The number of alkyl halides is 3. The quantitative estimate of drug-likeness (QED) is 0.582. The van der Waals surface area contributed by atoms with E-state index >= 15 is 0 Å². The van der Waals surface area contributed by atoms with Crippen LogP contribution in [0.1, 0.15) is 49.3 Å². The molecule has 1 aliphatic rings. The first-order valence-corrected chi connectivity index (χ1v) is 10.3. The minimum Gasteiger partial charge on any atom is -0.480 e. The first-order chi connectivity index (χ1) is 15.5. The van der Waals surface area contributed by atoms with Crippen LogP contribution in [-0.4, -0.2) is 50.6 Å². The van der Waals surface area contributed by atoms with Crippen LogP contribution in [0.4, 0.5) is 17.6 Å². The zero-order chi connectivity index (χ0) is 24.3. The van der Waals surface area contributed by atoms with Gasteiger partial charge >= 0.3 is 17.8 Å². The van der Waals surface area contributed by atoms with E-state index in [1.54, 1.807) is 6.92 Å². The molecule has 182 valence electrons. The summed E-state index contributed by atoms with van der Waals surface area (Å²) in [4.78, 5) is 24.2. The van der Waals surface area contributed by atoms with Crippen molar-refractivity contribution in [3.05, 3.63) is 39.8 Å². The van der Waals surface area contributed by atoms with Gasteiger partial charge in [-0.05, 0) is 39.2 Å². The van der Waals surface area contributed by atoms with E-state index in [1.807, 2.05) is 0 Å². The van der Waals surface area contributed by atoms with Gasteiger partial charge in [0.1, 0.15) is 29.4 Å². The fourth-order valence-electron chi connectivity index (χ4n) is 3.26. The van der Waals surface area contributed by atoms with Crippen LogP contribution in [-0.2, 0) is 22.6 Å². The van der Waals surface area contributed by atoms with Crippen molar-refractivity contribution in [3.8, 4) is 11.4 Å². The molecule has 9 nitrogen and oxygen atoms in total. The third kappa shape index (κ3) is 5.53. The first-order valence-electron chi connectivity index (χ1n) is 10.3. The molecule has 0 spiro atoms. The Balaban J connectivity index is 1.99. The van der Waals surface area contributed by atoms with Gasteiger partial charge in [-0.1, -0.05) is 0 Å². The Kier molecular flexibility index (Phi) is 7.42. The van der Waals surface area contributed by atoms with Crippen LogP contribution in [0, 0.1) is 5.82 Å². The van der Waals surface area contributed by atoms with Gasteiger partial charge in [0, 0.05) is 19.2 Å². The van der Waals surface area contributed by atoms with Gasteiger partial charge in [-0.15, -0.1) is 5.10 Å². The average molecular weight is 477 g/mol. The number of halogens is 4. The van der Waals surface area contributed by atoms with Crippen molar-refractivity contribution < 1.29 is 41.7 Å². The molecule has 1 aliphatic heterocycles. The van der Waals surface area contributed by atoms with Crippen molar-refractivity contribution in [2.45, 2.75) is 64.8 Å². The maximum Gasteiger partial charge on any atom is 0.425 e. The number of benzene rings is 1. The molecule has 0 radical (unpaired) electrons. The molecule has 2 heterocycles. The number of aromatic nitrogens is 3. The van der Waals surface area contributed by atoms with Crippen LogP contribution < -0.4 is 10.4 Å². The molecule has 0 amide bonds. The van der Waals surface area contributed by atoms with Crippen LogP contribution in [0.3, 0.4) is 0 Å². The largest absolute Gasteiger partial charge is 0.480 e. The molecule has 1 aromatic heterocycles. The maximum atomic E-state index is 14.7. The molecule has 0 aliphatic carbocycles. The van der Waals surface area contributed by atoms with Crippen molar-refractivity contribution >= 4 is 5.97 Å². The van der Waals surface area contributed by atoms with Crippen molar-refractivity contribution in [1.82, 2.24) is 14.3 Å². The number of carboxylic acids is 1. The number of carbonyl (C=O) groups is 1. The molecule has 1 fully saturated rings. The Morgan fingerprint density at radius 3 is 2.67 bits per heavy atom. The number of hydrogen-bond acceptors (Lipinski definition) is 6. The molecule has 2 aromatic rings. The molecular weight excluding hydrogens is 454 g/mol. The van der Waals surface area contributed by atoms with Crippen LogP contribution >= 0.6 is 0 Å². The summed E-state index contributed by atoms with van der Waals surface area (Å²) in [5.41, 5.74) is -2.16. The Hall–Kier alpha value is -2.93. The lowest BCUT2D eigenvalue weighted by atomic mass is 10.1. The van der Waals surface area contributed by atoms with E-state index in [0.717, 1.165) is 12.8 Å². The van der Waals surface area contributed by atoms with Crippen molar-refractivity contribution in [1.29, 1.82) is 0 Å². The van der Waals surface area contributed by atoms with E-state index in [9.17, 15) is 32.3 Å². The maximum absolute atomic E-state index is 14.7. The Morgan fingerprint density at radius 1 is 1.36 bits per heavy atom. The monoisotopic (exact) mass is 477 g/mol. The third-order valence-electron chi connectivity index (χ3n) is 5.06. The van der Waals surface area contributed by atoms with E-state index in [4.69, 9.17) is 14.2 Å². The number of nitrogens with zero attached hydrogens (tertiary/aromatic N) is 3. The van der Waals surface area contributed by atoms with Gasteiger partial charge in [0.25, 0.3) is 0 Å². The molecule has 2 atom stereocenters. The van der Waals surface area contributed by atoms with Gasteiger partial charge < -0.3 is 19.3 Å². The highest BCUT2D eigenvalue weighted by molar-refractivity contribution is 5.91. The standard InChI is InChI=1S/C20H23F4N3O6/c1-3-26-16(10-32-17-6-4-5-7-31-17)25-27(19(26)30)14-9-15(33-11(2)20(22,23)24)12(18(28)29)8-13(14)21/h8-9,11,17H,3-7,10H2,1-2H3,(H,28,29)/t11-,17-/m0/s1. The second-order valence-electron chi connectivity index (χ2n) is 7.37. The number of hydrogen-bond donors (Lipinski definition) is 1. The number of aromatic carboxylic acids is 1. The topological polar surface area (TPSA) is 105 Å². The minimum atomic E-state index is -4.79. The molecule has 33 heavy (non-hydrogen) atoms. The zero-order valence-electron chi connectivity index (χ0n) is 17.9. The van der Waals surface area contributed by atoms with Gasteiger partial charge in [-0.3, -0.25) is 4.57 Å². The van der Waals surface area contributed by atoms with Crippen molar-refractivity contribution in [2.75, 3.05) is 6.61 Å². The summed E-state index contributed by atoms with van der Waals surface area (Å²) in [6.45, 7) is 2.91. The minimum absolute atomic E-state index is 0.121. The molecule has 1 aromatic carbocycles. The first kappa shape index (κ1) is 24.7. The van der Waals surface area contributed by atoms with Crippen LogP contribution in [0.5, 0.6) is 5.75 Å². The second-order valence-corrected chi connectivity index (χ2v) is 7.37. The van der Waals surface area contributed by atoms with Gasteiger partial charge in [0.15, 0.2) is 18.2 Å². The van der Waals surface area contributed by atoms with E-state index in [-0.39, 0.29) is 19.0 Å². The van der Waals surface area contributed by atoms with Crippen molar-refractivity contribution in [2.24, 2.45) is 0 Å². The predicted octanol–water partition coefficient (Wildman–Crippen LogP) is 3.26. The van der Waals surface area contributed by atoms with Gasteiger partial charge in [0.2, 0.25) is 0 Å². The normalized spacial score (nSPS) is 17.7. The highest BCUT2D eigenvalue weighted by atomic mass is 19.4. The average Bonchev–Trinajstić information content (AvgIpc) is 3.08. The summed E-state index contributed by atoms with van der Waals surface area (Å²) < 4.78 is 71.2. The fourth-order valence-corrected chi connectivity index (χ4v) is 3.26. The molecule has 3 rings (SSSR count). The van der Waals surface area contributed by atoms with Crippen molar-refractivity contribution in [3.63, 3.8) is 0 Å². The van der Waals surface area contributed by atoms with E-state index in [0.29, 0.717) is 36.8 Å². The van der Waals surface area contributed by atoms with Crippen LogP contribution in [0.15, 0.2) is 16.9 Å². The summed E-state index contributed by atoms with van der Waals surface area (Å²) in [6.07, 6.45) is -5.15. The Morgan fingerprint density at radius 2 is 2.09 bits per heavy atom. The summed E-state index contributed by atoms with van der Waals surface area (Å²) in [5.74, 6) is -3.48. The Labute approximate surface area is 185 Å². The molecule has 0 bridgehead atoms. The lowest BCUT2D eigenvalue weighted by Gasteiger charge is -2.22. The van der Waals surface area contributed by atoms with Crippen LogP contribution in [0.2, 0.25) is 0 Å². The summed E-state index contributed by atoms with van der Waals surface area (Å²) in [6, 6.07) is 1.20. The summed E-state index contributed by atoms with van der Waals surface area (Å²) in [5, 5.41) is 13.3. The summed E-state index contributed by atoms with van der Waals surface area (Å²) in [7, 11) is 0. The number of rotatable bonds is 8. The SMILES string of the molecule is CCn1c(CO[C@H]2CCCCO2)nn(-c2cc(O[C@@H](C)C(F)(F)F)c(C(=O)O)cc2F)c1=O. The van der Waals surface area contributed by atoms with E-state index < -0.39 is 53.0 Å². The lowest BCUT2D eigenvalue weighted by molar-refractivity contribution is -0.189. The second kappa shape index (κ2) is 9.91. The zero-order valence-corrected chi connectivity index (χ0v) is 17.9. The van der Waals surface area contributed by atoms with Gasteiger partial charge in [0.05, 0.1) is 0 Å². The lowest BCUT2D eigenvalue weighted by Crippen LogP contribution is -2.32. The molecule has 1 N–H and O–H groups in total. The van der Waals surface area contributed by atoms with E-state index in [2.05, 4.69) is 5.10 Å². The molecular formula is C20H23F4N3O6. The van der Waals surface area contributed by atoms with Gasteiger partial charge in [-0.25, -0.2) is 14.0 Å². The molecule has 0 saturated carbocycles. The molecule has 1 saturated heterocycles. The summed E-state index contributed by atoms with van der Waals surface area (Å²) >= 11 is 0. The number of carboxylic acid groups (broad SMARTS) is 1. The highest BCUT2D eigenvalue weighted by Crippen LogP contribution is 2.30. The fraction of sp³-hybridized carbons (Fsp3) is 0.550. The predicted molar refractivity (Wildman–Crippen MR) is 105 cm³/mol. The van der Waals surface area contributed by atoms with Gasteiger partial charge in [-0.2, -0.15) is 17.9 Å². The third-order valence-corrected chi connectivity index (χ3v) is 5.06.